The van der Waals surface area contributed by atoms with Crippen LogP contribution in [0.1, 0.15) is 19.3 Å². The molecule has 2 radical (unpaired) electrons. The highest BCUT2D eigenvalue weighted by molar-refractivity contribution is 5.72. The number of benzene rings is 1. The average molecular weight is 255 g/mol. The standard InChI is InChI=1S/C16H17NO2/c1-2-12-8-9-13(11-17)15(12)10-16(18)19-14-6-4-3-5-7-14/h3-7,9,12-13,15H,1-2,8,10H2. The number of ether oxygens (including phenoxy) is 1. The van der Waals surface area contributed by atoms with Crippen molar-refractivity contribution in [1.29, 1.82) is 5.26 Å². The minimum absolute atomic E-state index is 0.0405. The summed E-state index contributed by atoms with van der Waals surface area (Å²) < 4.78 is 5.28. The Morgan fingerprint density at radius 2 is 2.16 bits per heavy atom. The number of nitrogens with zero attached hydrogens (tertiary/aromatic N) is 1. The van der Waals surface area contributed by atoms with Crippen molar-refractivity contribution in [2.24, 2.45) is 17.8 Å². The van der Waals surface area contributed by atoms with E-state index in [-0.39, 0.29) is 24.2 Å². The number of nitriles is 1. The lowest BCUT2D eigenvalue weighted by Gasteiger charge is -2.19. The molecule has 2 rings (SSSR count). The van der Waals surface area contributed by atoms with Crippen LogP contribution < -0.4 is 4.74 Å². The molecule has 0 aromatic heterocycles. The maximum atomic E-state index is 11.9. The number of carbonyl (C=O) groups is 1. The first-order valence-corrected chi connectivity index (χ1v) is 6.52. The summed E-state index contributed by atoms with van der Waals surface area (Å²) in [6.45, 7) is 3.90. The third-order valence-corrected chi connectivity index (χ3v) is 3.66. The Bertz CT molecular complexity index is 463. The second-order valence-electron chi connectivity index (χ2n) is 4.83. The molecule has 1 fully saturated rings. The maximum absolute atomic E-state index is 11.9. The molecule has 0 saturated heterocycles. The van der Waals surface area contributed by atoms with Crippen molar-refractivity contribution in [3.05, 3.63) is 43.7 Å². The zero-order valence-corrected chi connectivity index (χ0v) is 10.8. The zero-order chi connectivity index (χ0) is 13.7. The van der Waals surface area contributed by atoms with Gasteiger partial charge in [0.25, 0.3) is 0 Å². The second kappa shape index (κ2) is 6.38. The first-order chi connectivity index (χ1) is 9.24. The van der Waals surface area contributed by atoms with Crippen LogP contribution in [0.3, 0.4) is 0 Å². The summed E-state index contributed by atoms with van der Waals surface area (Å²) in [5.74, 6) is 0.473. The third kappa shape index (κ3) is 3.35. The molecule has 3 heteroatoms. The van der Waals surface area contributed by atoms with Gasteiger partial charge in [-0.1, -0.05) is 31.5 Å². The van der Waals surface area contributed by atoms with E-state index in [2.05, 4.69) is 13.0 Å². The van der Waals surface area contributed by atoms with E-state index < -0.39 is 0 Å². The summed E-state index contributed by atoms with van der Waals surface area (Å²) >= 11 is 0. The lowest BCUT2D eigenvalue weighted by Crippen LogP contribution is -2.21. The molecule has 0 bridgehead atoms. The lowest BCUT2D eigenvalue weighted by atomic mass is 9.86. The summed E-state index contributed by atoms with van der Waals surface area (Å²) in [5, 5.41) is 9.10. The Labute approximate surface area is 114 Å². The van der Waals surface area contributed by atoms with Gasteiger partial charge in [0.05, 0.1) is 18.4 Å². The van der Waals surface area contributed by atoms with Crippen molar-refractivity contribution in [3.8, 4) is 11.8 Å². The first kappa shape index (κ1) is 13.6. The van der Waals surface area contributed by atoms with Gasteiger partial charge in [0.1, 0.15) is 5.75 Å². The molecule has 1 aromatic carbocycles. The van der Waals surface area contributed by atoms with Crippen molar-refractivity contribution >= 4 is 5.97 Å². The fraction of sp³-hybridized carbons (Fsp3) is 0.375. The highest BCUT2D eigenvalue weighted by Crippen LogP contribution is 2.40. The summed E-state index contributed by atoms with van der Waals surface area (Å²) in [4.78, 5) is 11.9. The van der Waals surface area contributed by atoms with E-state index in [0.29, 0.717) is 11.7 Å². The quantitative estimate of drug-likeness (QED) is 0.613. The average Bonchev–Trinajstić information content (AvgIpc) is 2.81. The van der Waals surface area contributed by atoms with Crippen LogP contribution in [-0.2, 0) is 4.79 Å². The van der Waals surface area contributed by atoms with Crippen molar-refractivity contribution in [3.63, 3.8) is 0 Å². The Balaban J connectivity index is 1.96. The topological polar surface area (TPSA) is 50.1 Å². The Morgan fingerprint density at radius 3 is 2.79 bits per heavy atom. The van der Waals surface area contributed by atoms with Crippen LogP contribution in [0.15, 0.2) is 30.3 Å². The second-order valence-corrected chi connectivity index (χ2v) is 4.83. The molecule has 0 spiro atoms. The predicted octanol–water partition coefficient (Wildman–Crippen LogP) is 3.19. The summed E-state index contributed by atoms with van der Waals surface area (Å²) in [6, 6.07) is 11.3. The molecule has 0 heterocycles. The first-order valence-electron chi connectivity index (χ1n) is 6.52. The van der Waals surface area contributed by atoms with E-state index in [9.17, 15) is 4.79 Å². The van der Waals surface area contributed by atoms with Gasteiger partial charge in [-0.2, -0.15) is 5.26 Å². The van der Waals surface area contributed by atoms with E-state index >= 15 is 0 Å². The fourth-order valence-electron chi connectivity index (χ4n) is 2.59. The number of hydrogen-bond acceptors (Lipinski definition) is 3. The molecule has 0 N–H and O–H groups in total. The SMILES string of the molecule is [CH2]CC1C[CH]C(C#N)C1CC(=O)Oc1ccccc1. The van der Waals surface area contributed by atoms with Crippen molar-refractivity contribution < 1.29 is 9.53 Å². The number of hydrogen-bond donors (Lipinski definition) is 0. The highest BCUT2D eigenvalue weighted by atomic mass is 16.5. The normalized spacial score (nSPS) is 25.8. The van der Waals surface area contributed by atoms with Gasteiger partial charge >= 0.3 is 5.97 Å². The van der Waals surface area contributed by atoms with Crippen molar-refractivity contribution in [1.82, 2.24) is 0 Å². The van der Waals surface area contributed by atoms with Crippen LogP contribution in [0.2, 0.25) is 0 Å². The largest absolute Gasteiger partial charge is 0.427 e. The molecule has 3 nitrogen and oxygen atoms in total. The van der Waals surface area contributed by atoms with Crippen LogP contribution in [0.4, 0.5) is 0 Å². The van der Waals surface area contributed by atoms with Crippen molar-refractivity contribution in [2.75, 3.05) is 0 Å². The van der Waals surface area contributed by atoms with Gasteiger partial charge < -0.3 is 4.74 Å². The van der Waals surface area contributed by atoms with Gasteiger partial charge in [-0.15, -0.1) is 0 Å². The van der Waals surface area contributed by atoms with Crippen molar-refractivity contribution in [2.45, 2.75) is 19.3 Å². The minimum atomic E-state index is -0.273. The molecule has 1 aliphatic rings. The predicted molar refractivity (Wildman–Crippen MR) is 71.7 cm³/mol. The van der Waals surface area contributed by atoms with Crippen LogP contribution in [-0.4, -0.2) is 5.97 Å². The van der Waals surface area contributed by atoms with Crippen LogP contribution >= 0.6 is 0 Å². The maximum Gasteiger partial charge on any atom is 0.311 e. The summed E-state index contributed by atoms with van der Waals surface area (Å²) in [7, 11) is 0. The number of para-hydroxylation sites is 1. The minimum Gasteiger partial charge on any atom is -0.427 e. The molecular weight excluding hydrogens is 238 g/mol. The zero-order valence-electron chi connectivity index (χ0n) is 10.8. The van der Waals surface area contributed by atoms with Crippen LogP contribution in [0.25, 0.3) is 0 Å². The number of carbonyl (C=O) groups excluding carboxylic acids is 1. The molecule has 3 atom stereocenters. The molecule has 98 valence electrons. The molecule has 1 aromatic rings. The molecule has 3 unspecified atom stereocenters. The van der Waals surface area contributed by atoms with Gasteiger partial charge in [-0.05, 0) is 36.8 Å². The van der Waals surface area contributed by atoms with Gasteiger partial charge in [-0.25, -0.2) is 0 Å². The van der Waals surface area contributed by atoms with Gasteiger partial charge in [0, 0.05) is 0 Å². The Morgan fingerprint density at radius 1 is 1.42 bits per heavy atom. The Hall–Kier alpha value is -1.82. The molecule has 19 heavy (non-hydrogen) atoms. The van der Waals surface area contributed by atoms with Gasteiger partial charge in [-0.3, -0.25) is 4.79 Å². The summed E-state index contributed by atoms with van der Waals surface area (Å²) in [5.41, 5.74) is 0. The molecule has 0 aliphatic heterocycles. The van der Waals surface area contributed by atoms with E-state index in [1.165, 1.54) is 0 Å². The molecule has 0 amide bonds. The molecular formula is C16H17NO2. The van der Waals surface area contributed by atoms with E-state index in [1.807, 2.05) is 24.6 Å². The highest BCUT2D eigenvalue weighted by Gasteiger charge is 2.37. The lowest BCUT2D eigenvalue weighted by molar-refractivity contribution is -0.135. The monoisotopic (exact) mass is 255 g/mol. The van der Waals surface area contributed by atoms with E-state index in [1.54, 1.807) is 12.1 Å². The molecule has 1 aliphatic carbocycles. The van der Waals surface area contributed by atoms with Crippen LogP contribution in [0.5, 0.6) is 5.75 Å². The van der Waals surface area contributed by atoms with Gasteiger partial charge in [0.2, 0.25) is 0 Å². The smallest absolute Gasteiger partial charge is 0.311 e. The number of rotatable bonds is 4. The Kier molecular flexibility index (Phi) is 4.57. The number of esters is 1. The van der Waals surface area contributed by atoms with Gasteiger partial charge in [0.15, 0.2) is 0 Å². The third-order valence-electron chi connectivity index (χ3n) is 3.66. The van der Waals surface area contributed by atoms with Crippen LogP contribution in [0, 0.1) is 42.4 Å². The van der Waals surface area contributed by atoms with E-state index in [4.69, 9.17) is 10.00 Å². The summed E-state index contributed by atoms with van der Waals surface area (Å²) in [6.07, 6.45) is 3.89. The fourth-order valence-corrected chi connectivity index (χ4v) is 2.59. The molecule has 1 saturated carbocycles. The van der Waals surface area contributed by atoms with E-state index in [0.717, 1.165) is 12.8 Å².